The van der Waals surface area contributed by atoms with Gasteiger partial charge in [-0.05, 0) is 37.1 Å². The molecule has 1 aliphatic carbocycles. The van der Waals surface area contributed by atoms with Crippen molar-refractivity contribution in [3.05, 3.63) is 24.3 Å². The molecule has 1 heterocycles. The van der Waals surface area contributed by atoms with Crippen LogP contribution in [0.4, 0.5) is 5.69 Å². The number of nitrogens with zero attached hydrogens (tertiary/aromatic N) is 1. The fourth-order valence-corrected chi connectivity index (χ4v) is 3.35. The Bertz CT molecular complexity index is 471. The van der Waals surface area contributed by atoms with Crippen LogP contribution in [0.1, 0.15) is 25.7 Å². The van der Waals surface area contributed by atoms with E-state index in [1.807, 2.05) is 24.3 Å². The van der Waals surface area contributed by atoms with E-state index in [2.05, 4.69) is 0 Å². The van der Waals surface area contributed by atoms with Crippen LogP contribution in [0.25, 0.3) is 0 Å². The van der Waals surface area contributed by atoms with Gasteiger partial charge in [-0.2, -0.15) is 0 Å². The molecule has 0 aromatic heterocycles. The molecule has 3 atom stereocenters. The summed E-state index contributed by atoms with van der Waals surface area (Å²) in [6.45, 7) is 0. The molecule has 1 aromatic carbocycles. The van der Waals surface area contributed by atoms with Crippen molar-refractivity contribution < 1.29 is 14.6 Å². The van der Waals surface area contributed by atoms with Gasteiger partial charge in [0.05, 0.1) is 7.11 Å². The van der Waals surface area contributed by atoms with Gasteiger partial charge in [0.25, 0.3) is 0 Å². The van der Waals surface area contributed by atoms with Gasteiger partial charge in [-0.15, -0.1) is 0 Å². The van der Waals surface area contributed by atoms with Gasteiger partial charge in [0.1, 0.15) is 12.0 Å². The Morgan fingerprint density at radius 1 is 1.21 bits per heavy atom. The first-order valence-corrected chi connectivity index (χ1v) is 6.87. The van der Waals surface area contributed by atoms with Gasteiger partial charge in [0.15, 0.2) is 0 Å². The van der Waals surface area contributed by atoms with Crippen LogP contribution in [0, 0.1) is 11.8 Å². The Labute approximate surface area is 113 Å². The molecule has 1 saturated heterocycles. The molecule has 102 valence electrons. The van der Waals surface area contributed by atoms with Crippen LogP contribution in [0.5, 0.6) is 5.75 Å². The lowest BCUT2D eigenvalue weighted by Gasteiger charge is -2.25. The zero-order valence-corrected chi connectivity index (χ0v) is 11.1. The maximum absolute atomic E-state index is 12.4. The summed E-state index contributed by atoms with van der Waals surface area (Å²) in [4.78, 5) is 14.0. The van der Waals surface area contributed by atoms with E-state index in [0.717, 1.165) is 37.1 Å². The normalized spacial score (nSPS) is 30.3. The molecule has 0 radical (unpaired) electrons. The van der Waals surface area contributed by atoms with E-state index < -0.39 is 6.23 Å². The molecule has 4 heteroatoms. The molecule has 1 unspecified atom stereocenters. The highest BCUT2D eigenvalue weighted by Crippen LogP contribution is 2.42. The van der Waals surface area contributed by atoms with Crippen LogP contribution in [-0.2, 0) is 4.79 Å². The number of hydrogen-bond acceptors (Lipinski definition) is 3. The molecule has 1 N–H and O–H groups in total. The number of methoxy groups -OCH3 is 1. The molecule has 2 fully saturated rings. The number of carbonyl (C=O) groups excluding carboxylic acids is 1. The summed E-state index contributed by atoms with van der Waals surface area (Å²) in [7, 11) is 1.61. The molecule has 1 saturated carbocycles. The Morgan fingerprint density at radius 3 is 2.53 bits per heavy atom. The molecule has 19 heavy (non-hydrogen) atoms. The van der Waals surface area contributed by atoms with E-state index in [0.29, 0.717) is 0 Å². The Balaban J connectivity index is 1.88. The standard InChI is InChI=1S/C15H19NO3/c1-19-11-8-6-10(7-9-11)16-14(17)12-4-2-3-5-13(12)15(16)18/h6-9,12-14,17H,2-5H2,1H3/t12-,13+,14?/m1/s1. The third-order valence-corrected chi connectivity index (χ3v) is 4.37. The highest BCUT2D eigenvalue weighted by Gasteiger charge is 2.48. The number of hydrogen-bond donors (Lipinski definition) is 1. The van der Waals surface area contributed by atoms with Crippen LogP contribution in [0.3, 0.4) is 0 Å². The molecule has 0 bridgehead atoms. The summed E-state index contributed by atoms with van der Waals surface area (Å²) in [6, 6.07) is 7.29. The van der Waals surface area contributed by atoms with E-state index in [-0.39, 0.29) is 17.7 Å². The van der Waals surface area contributed by atoms with Crippen LogP contribution in [0.15, 0.2) is 24.3 Å². The maximum atomic E-state index is 12.4. The number of fused-ring (bicyclic) bond motifs is 1. The van der Waals surface area contributed by atoms with Crippen molar-refractivity contribution in [3.63, 3.8) is 0 Å². The zero-order valence-electron chi connectivity index (χ0n) is 11.1. The van der Waals surface area contributed by atoms with Crippen molar-refractivity contribution in [1.29, 1.82) is 0 Å². The third-order valence-electron chi connectivity index (χ3n) is 4.37. The van der Waals surface area contributed by atoms with Crippen LogP contribution in [0.2, 0.25) is 0 Å². The van der Waals surface area contributed by atoms with E-state index in [9.17, 15) is 9.90 Å². The maximum Gasteiger partial charge on any atom is 0.232 e. The van der Waals surface area contributed by atoms with Crippen molar-refractivity contribution in [3.8, 4) is 5.75 Å². The topological polar surface area (TPSA) is 49.8 Å². The van der Waals surface area contributed by atoms with Gasteiger partial charge >= 0.3 is 0 Å². The first-order valence-electron chi connectivity index (χ1n) is 6.87. The number of rotatable bonds is 2. The lowest BCUT2D eigenvalue weighted by Crippen LogP contribution is -2.35. The quantitative estimate of drug-likeness (QED) is 0.887. The van der Waals surface area contributed by atoms with E-state index in [4.69, 9.17) is 4.74 Å². The SMILES string of the molecule is COc1ccc(N2C(=O)[C@H]3CCCC[C@H]3C2O)cc1. The van der Waals surface area contributed by atoms with Crippen molar-refractivity contribution in [2.75, 3.05) is 12.0 Å². The van der Waals surface area contributed by atoms with Crippen molar-refractivity contribution >= 4 is 11.6 Å². The largest absolute Gasteiger partial charge is 0.497 e. The first kappa shape index (κ1) is 12.5. The average molecular weight is 261 g/mol. The number of benzene rings is 1. The van der Waals surface area contributed by atoms with E-state index >= 15 is 0 Å². The molecule has 1 aromatic rings. The molecule has 4 nitrogen and oxygen atoms in total. The molecule has 1 aliphatic heterocycles. The minimum atomic E-state index is -0.675. The lowest BCUT2D eigenvalue weighted by atomic mass is 9.81. The third kappa shape index (κ3) is 2.00. The Morgan fingerprint density at radius 2 is 1.89 bits per heavy atom. The lowest BCUT2D eigenvalue weighted by molar-refractivity contribution is -0.121. The second-order valence-corrected chi connectivity index (χ2v) is 5.37. The average Bonchev–Trinajstić information content (AvgIpc) is 2.72. The first-order chi connectivity index (χ1) is 9.22. The van der Waals surface area contributed by atoms with Gasteiger partial charge in [-0.1, -0.05) is 12.8 Å². The number of anilines is 1. The second-order valence-electron chi connectivity index (χ2n) is 5.37. The molecular formula is C15H19NO3. The van der Waals surface area contributed by atoms with Crippen LogP contribution in [-0.4, -0.2) is 24.4 Å². The predicted molar refractivity (Wildman–Crippen MR) is 71.9 cm³/mol. The zero-order chi connectivity index (χ0) is 13.4. The molecule has 2 aliphatic rings. The fraction of sp³-hybridized carbons (Fsp3) is 0.533. The number of ether oxygens (including phenoxy) is 1. The summed E-state index contributed by atoms with van der Waals surface area (Å²) in [5.74, 6) is 0.930. The van der Waals surface area contributed by atoms with Gasteiger partial charge in [0, 0.05) is 17.5 Å². The Hall–Kier alpha value is -1.55. The van der Waals surface area contributed by atoms with E-state index in [1.165, 1.54) is 0 Å². The molecule has 1 amide bonds. The number of carbonyl (C=O) groups is 1. The molecular weight excluding hydrogens is 242 g/mol. The molecule has 3 rings (SSSR count). The summed E-state index contributed by atoms with van der Waals surface area (Å²) in [6.07, 6.45) is 3.39. The summed E-state index contributed by atoms with van der Waals surface area (Å²) < 4.78 is 5.11. The second kappa shape index (κ2) is 4.85. The number of amides is 1. The van der Waals surface area contributed by atoms with Gasteiger partial charge < -0.3 is 9.84 Å². The summed E-state index contributed by atoms with van der Waals surface area (Å²) in [5.41, 5.74) is 0.757. The van der Waals surface area contributed by atoms with Gasteiger partial charge in [-0.3, -0.25) is 9.69 Å². The molecule has 0 spiro atoms. The fourth-order valence-electron chi connectivity index (χ4n) is 3.35. The van der Waals surface area contributed by atoms with E-state index in [1.54, 1.807) is 12.0 Å². The van der Waals surface area contributed by atoms with Gasteiger partial charge in [0.2, 0.25) is 5.91 Å². The van der Waals surface area contributed by atoms with Crippen LogP contribution < -0.4 is 9.64 Å². The monoisotopic (exact) mass is 261 g/mol. The minimum absolute atomic E-state index is 0.00542. The summed E-state index contributed by atoms with van der Waals surface area (Å²) >= 11 is 0. The highest BCUT2D eigenvalue weighted by molar-refractivity contribution is 5.98. The number of aliphatic hydroxyl groups is 1. The van der Waals surface area contributed by atoms with Crippen molar-refractivity contribution in [2.45, 2.75) is 31.9 Å². The van der Waals surface area contributed by atoms with Crippen LogP contribution >= 0.6 is 0 Å². The smallest absolute Gasteiger partial charge is 0.232 e. The number of aliphatic hydroxyl groups excluding tert-OH is 1. The van der Waals surface area contributed by atoms with Crippen molar-refractivity contribution in [2.24, 2.45) is 11.8 Å². The van der Waals surface area contributed by atoms with Crippen molar-refractivity contribution in [1.82, 2.24) is 0 Å². The van der Waals surface area contributed by atoms with Gasteiger partial charge in [-0.25, -0.2) is 0 Å². The highest BCUT2D eigenvalue weighted by atomic mass is 16.5. The Kier molecular flexibility index (Phi) is 3.19. The predicted octanol–water partition coefficient (Wildman–Crippen LogP) is 2.17. The minimum Gasteiger partial charge on any atom is -0.497 e. The summed E-state index contributed by atoms with van der Waals surface area (Å²) in [5, 5.41) is 10.4.